The van der Waals surface area contributed by atoms with Crippen molar-refractivity contribution >= 4 is 0 Å². The summed E-state index contributed by atoms with van der Waals surface area (Å²) in [6, 6.07) is 1.84. The van der Waals surface area contributed by atoms with E-state index in [9.17, 15) is 13.2 Å². The van der Waals surface area contributed by atoms with Gasteiger partial charge in [-0.25, -0.2) is 0 Å². The molecule has 0 spiro atoms. The van der Waals surface area contributed by atoms with Gasteiger partial charge in [0.05, 0.1) is 0 Å². The third-order valence-corrected chi connectivity index (χ3v) is 3.05. The maximum atomic E-state index is 12.2. The summed E-state index contributed by atoms with van der Waals surface area (Å²) in [5.41, 5.74) is 2.06. The predicted octanol–water partition coefficient (Wildman–Crippen LogP) is 4.16. The molecule has 0 aliphatic carbocycles. The second-order valence-corrected chi connectivity index (χ2v) is 4.75. The highest BCUT2D eigenvalue weighted by molar-refractivity contribution is 5.25. The number of hydrogen-bond acceptors (Lipinski definition) is 2. The van der Waals surface area contributed by atoms with Gasteiger partial charge in [0.2, 0.25) is 0 Å². The smallest absolute Gasteiger partial charge is 0.310 e. The fraction of sp³-hybridized carbons (Fsp3) is 0.643. The van der Waals surface area contributed by atoms with Crippen molar-refractivity contribution in [3.63, 3.8) is 0 Å². The van der Waals surface area contributed by atoms with Gasteiger partial charge in [0, 0.05) is 24.9 Å². The lowest BCUT2D eigenvalue weighted by atomic mass is 9.98. The molecule has 0 bridgehead atoms. The molecule has 0 radical (unpaired) electrons. The highest BCUT2D eigenvalue weighted by Crippen LogP contribution is 2.27. The molecule has 108 valence electrons. The molecule has 1 N–H and O–H groups in total. The van der Waals surface area contributed by atoms with Crippen molar-refractivity contribution in [3.8, 4) is 0 Å². The maximum absolute atomic E-state index is 12.2. The highest BCUT2D eigenvalue weighted by Gasteiger charge is 2.27. The van der Waals surface area contributed by atoms with Gasteiger partial charge in [-0.1, -0.05) is 6.92 Å². The Hall–Kier alpha value is -1.10. The molecule has 1 aromatic heterocycles. The SMILES string of the molecule is CCCNC(CCCC(F)(F)F)c1cnccc1C. The zero-order valence-electron chi connectivity index (χ0n) is 11.4. The van der Waals surface area contributed by atoms with E-state index in [4.69, 9.17) is 0 Å². The molecule has 0 saturated heterocycles. The molecule has 5 heteroatoms. The second kappa shape index (κ2) is 7.48. The van der Waals surface area contributed by atoms with E-state index in [-0.39, 0.29) is 12.5 Å². The number of pyridine rings is 1. The fourth-order valence-electron chi connectivity index (χ4n) is 2.03. The quantitative estimate of drug-likeness (QED) is 0.807. The van der Waals surface area contributed by atoms with Crippen LogP contribution in [0.5, 0.6) is 0 Å². The van der Waals surface area contributed by atoms with Crippen molar-refractivity contribution < 1.29 is 13.2 Å². The van der Waals surface area contributed by atoms with E-state index < -0.39 is 12.6 Å². The van der Waals surface area contributed by atoms with Crippen molar-refractivity contribution in [2.75, 3.05) is 6.54 Å². The van der Waals surface area contributed by atoms with Gasteiger partial charge < -0.3 is 5.32 Å². The maximum Gasteiger partial charge on any atom is 0.389 e. The molecule has 1 atom stereocenters. The van der Waals surface area contributed by atoms with E-state index in [1.807, 2.05) is 19.9 Å². The lowest BCUT2D eigenvalue weighted by molar-refractivity contribution is -0.135. The molecular formula is C14H21F3N2. The molecule has 1 unspecified atom stereocenters. The van der Waals surface area contributed by atoms with Crippen LogP contribution in [0, 0.1) is 6.92 Å². The number of aryl methyl sites for hydroxylation is 1. The van der Waals surface area contributed by atoms with Crippen LogP contribution in [-0.2, 0) is 0 Å². The molecule has 1 rings (SSSR count). The van der Waals surface area contributed by atoms with Crippen LogP contribution in [0.1, 0.15) is 49.8 Å². The summed E-state index contributed by atoms with van der Waals surface area (Å²) in [6.45, 7) is 4.79. The van der Waals surface area contributed by atoms with E-state index in [2.05, 4.69) is 10.3 Å². The zero-order valence-corrected chi connectivity index (χ0v) is 11.4. The summed E-state index contributed by atoms with van der Waals surface area (Å²) in [6.07, 6.45) is 0.220. The zero-order chi connectivity index (χ0) is 14.3. The molecule has 0 amide bonds. The minimum absolute atomic E-state index is 0.0454. The summed E-state index contributed by atoms with van der Waals surface area (Å²) in [5.74, 6) is 0. The van der Waals surface area contributed by atoms with E-state index in [1.54, 1.807) is 12.4 Å². The Morgan fingerprint density at radius 3 is 2.68 bits per heavy atom. The standard InChI is InChI=1S/C14H21F3N2/c1-3-8-19-13(5-4-7-14(15,16)17)12-10-18-9-6-11(12)2/h6,9-10,13,19H,3-5,7-8H2,1-2H3. The third kappa shape index (κ3) is 6.05. The van der Waals surface area contributed by atoms with Crippen molar-refractivity contribution in [1.29, 1.82) is 0 Å². The van der Waals surface area contributed by atoms with Gasteiger partial charge in [0.25, 0.3) is 0 Å². The number of nitrogens with one attached hydrogen (secondary N) is 1. The van der Waals surface area contributed by atoms with Gasteiger partial charge in [0.15, 0.2) is 0 Å². The summed E-state index contributed by atoms with van der Waals surface area (Å²) < 4.78 is 36.6. The second-order valence-electron chi connectivity index (χ2n) is 4.75. The first-order chi connectivity index (χ1) is 8.94. The summed E-state index contributed by atoms with van der Waals surface area (Å²) in [7, 11) is 0. The van der Waals surface area contributed by atoms with Gasteiger partial charge in [-0.2, -0.15) is 13.2 Å². The Bertz CT molecular complexity index is 377. The van der Waals surface area contributed by atoms with E-state index in [0.29, 0.717) is 6.42 Å². The topological polar surface area (TPSA) is 24.9 Å². The normalized spacial score (nSPS) is 13.5. The number of aromatic nitrogens is 1. The Morgan fingerprint density at radius 1 is 1.37 bits per heavy atom. The lowest BCUT2D eigenvalue weighted by Crippen LogP contribution is -2.23. The lowest BCUT2D eigenvalue weighted by Gasteiger charge is -2.20. The first-order valence-corrected chi connectivity index (χ1v) is 6.64. The molecule has 0 saturated carbocycles. The van der Waals surface area contributed by atoms with Gasteiger partial charge in [-0.05, 0) is 49.9 Å². The van der Waals surface area contributed by atoms with Crippen molar-refractivity contribution in [3.05, 3.63) is 29.6 Å². The number of nitrogens with zero attached hydrogens (tertiary/aromatic N) is 1. The van der Waals surface area contributed by atoms with Gasteiger partial charge in [0.1, 0.15) is 0 Å². The molecule has 1 aromatic rings. The first kappa shape index (κ1) is 16.0. The molecule has 0 aliphatic rings. The van der Waals surface area contributed by atoms with E-state index >= 15 is 0 Å². The minimum Gasteiger partial charge on any atom is -0.310 e. The molecule has 2 nitrogen and oxygen atoms in total. The van der Waals surface area contributed by atoms with Crippen molar-refractivity contribution in [2.24, 2.45) is 0 Å². The molecule has 0 fully saturated rings. The van der Waals surface area contributed by atoms with Crippen LogP contribution < -0.4 is 5.32 Å². The highest BCUT2D eigenvalue weighted by atomic mass is 19.4. The third-order valence-electron chi connectivity index (χ3n) is 3.05. The van der Waals surface area contributed by atoms with Crippen molar-refractivity contribution in [1.82, 2.24) is 10.3 Å². The molecule has 1 heterocycles. The Morgan fingerprint density at radius 2 is 2.11 bits per heavy atom. The van der Waals surface area contributed by atoms with E-state index in [1.165, 1.54) is 0 Å². The first-order valence-electron chi connectivity index (χ1n) is 6.64. The van der Waals surface area contributed by atoms with Crippen molar-refractivity contribution in [2.45, 2.75) is 51.7 Å². The van der Waals surface area contributed by atoms with Crippen LogP contribution in [0.25, 0.3) is 0 Å². The van der Waals surface area contributed by atoms with Gasteiger partial charge >= 0.3 is 6.18 Å². The molecule has 19 heavy (non-hydrogen) atoms. The van der Waals surface area contributed by atoms with Crippen LogP contribution >= 0.6 is 0 Å². The van der Waals surface area contributed by atoms with Crippen LogP contribution in [-0.4, -0.2) is 17.7 Å². The number of halogens is 3. The largest absolute Gasteiger partial charge is 0.389 e. The Labute approximate surface area is 112 Å². The van der Waals surface area contributed by atoms with Crippen LogP contribution in [0.4, 0.5) is 13.2 Å². The predicted molar refractivity (Wildman–Crippen MR) is 69.9 cm³/mol. The average Bonchev–Trinajstić information content (AvgIpc) is 2.33. The van der Waals surface area contributed by atoms with Gasteiger partial charge in [-0.3, -0.25) is 4.98 Å². The summed E-state index contributed by atoms with van der Waals surface area (Å²) in [5, 5.41) is 3.31. The average molecular weight is 274 g/mol. The summed E-state index contributed by atoms with van der Waals surface area (Å²) in [4.78, 5) is 4.07. The van der Waals surface area contributed by atoms with Crippen LogP contribution in [0.2, 0.25) is 0 Å². The van der Waals surface area contributed by atoms with Crippen LogP contribution in [0.3, 0.4) is 0 Å². The Balaban J connectivity index is 2.64. The number of hydrogen-bond donors (Lipinski definition) is 1. The Kier molecular flexibility index (Phi) is 6.28. The van der Waals surface area contributed by atoms with Gasteiger partial charge in [-0.15, -0.1) is 0 Å². The monoisotopic (exact) mass is 274 g/mol. The summed E-state index contributed by atoms with van der Waals surface area (Å²) >= 11 is 0. The van der Waals surface area contributed by atoms with Crippen LogP contribution in [0.15, 0.2) is 18.5 Å². The fourth-order valence-corrected chi connectivity index (χ4v) is 2.03. The number of alkyl halides is 3. The molecule has 0 aromatic carbocycles. The number of rotatable bonds is 7. The van der Waals surface area contributed by atoms with E-state index in [0.717, 1.165) is 24.1 Å². The minimum atomic E-state index is -4.07. The molecule has 0 aliphatic heterocycles. The molecular weight excluding hydrogens is 253 g/mol.